The lowest BCUT2D eigenvalue weighted by atomic mass is 9.97. The first-order valence-corrected chi connectivity index (χ1v) is 8.64. The van der Waals surface area contributed by atoms with Crippen LogP contribution >= 0.6 is 0 Å². The minimum absolute atomic E-state index is 0.0121. The predicted molar refractivity (Wildman–Crippen MR) is 94.0 cm³/mol. The third-order valence-electron chi connectivity index (χ3n) is 4.62. The topological polar surface area (TPSA) is 59.2 Å². The molecule has 6 heteroatoms. The minimum atomic E-state index is -0.350. The lowest BCUT2D eigenvalue weighted by Crippen LogP contribution is -2.39. The van der Waals surface area contributed by atoms with Gasteiger partial charge in [0.2, 0.25) is 11.7 Å². The molecule has 5 nitrogen and oxygen atoms in total. The van der Waals surface area contributed by atoms with Gasteiger partial charge in [-0.25, -0.2) is 4.39 Å². The molecule has 1 atom stereocenters. The van der Waals surface area contributed by atoms with Crippen molar-refractivity contribution in [3.63, 3.8) is 0 Å². The van der Waals surface area contributed by atoms with Crippen LogP contribution in [-0.2, 0) is 0 Å². The second-order valence-electron chi connectivity index (χ2n) is 6.42. The van der Waals surface area contributed by atoms with E-state index in [0.717, 1.165) is 18.4 Å². The molecular weight excluding hydrogens is 333 g/mol. The highest BCUT2D eigenvalue weighted by Crippen LogP contribution is 2.28. The number of piperidine rings is 1. The average Bonchev–Trinajstić information content (AvgIpc) is 3.19. The number of nitrogens with zero attached hydrogens (tertiary/aromatic N) is 3. The lowest BCUT2D eigenvalue weighted by molar-refractivity contribution is 0.0695. The van der Waals surface area contributed by atoms with Crippen molar-refractivity contribution in [2.45, 2.75) is 18.8 Å². The number of rotatable bonds is 3. The van der Waals surface area contributed by atoms with Crippen LogP contribution in [0.5, 0.6) is 0 Å². The summed E-state index contributed by atoms with van der Waals surface area (Å²) in [7, 11) is 0. The number of amides is 1. The van der Waals surface area contributed by atoms with Gasteiger partial charge in [-0.05, 0) is 37.1 Å². The highest BCUT2D eigenvalue weighted by Gasteiger charge is 2.29. The number of hydrogen-bond donors (Lipinski definition) is 0. The van der Waals surface area contributed by atoms with Crippen molar-refractivity contribution in [3.05, 3.63) is 71.9 Å². The molecule has 0 saturated carbocycles. The third-order valence-corrected chi connectivity index (χ3v) is 4.62. The maximum Gasteiger partial charge on any atom is 0.253 e. The molecule has 0 bridgehead atoms. The Morgan fingerprint density at radius 1 is 1.12 bits per heavy atom. The molecule has 0 radical (unpaired) electrons. The van der Waals surface area contributed by atoms with Gasteiger partial charge >= 0.3 is 0 Å². The number of carbonyl (C=O) groups is 1. The molecule has 1 amide bonds. The Hall–Kier alpha value is -3.02. The molecule has 1 aliphatic rings. The van der Waals surface area contributed by atoms with Crippen LogP contribution in [0.4, 0.5) is 4.39 Å². The second kappa shape index (κ2) is 7.07. The monoisotopic (exact) mass is 351 g/mol. The van der Waals surface area contributed by atoms with E-state index in [-0.39, 0.29) is 17.6 Å². The van der Waals surface area contributed by atoms with Crippen molar-refractivity contribution in [3.8, 4) is 11.4 Å². The minimum Gasteiger partial charge on any atom is -0.339 e. The summed E-state index contributed by atoms with van der Waals surface area (Å²) in [5.74, 6) is 0.677. The third kappa shape index (κ3) is 3.35. The quantitative estimate of drug-likeness (QED) is 0.718. The van der Waals surface area contributed by atoms with Crippen LogP contribution in [0.1, 0.15) is 35.0 Å². The fourth-order valence-electron chi connectivity index (χ4n) is 3.24. The van der Waals surface area contributed by atoms with Crippen molar-refractivity contribution >= 4 is 5.91 Å². The summed E-state index contributed by atoms with van der Waals surface area (Å²) in [6.07, 6.45) is 1.75. The van der Waals surface area contributed by atoms with Gasteiger partial charge in [0, 0.05) is 24.2 Å². The molecule has 1 unspecified atom stereocenters. The van der Waals surface area contributed by atoms with Gasteiger partial charge in [0.15, 0.2) is 0 Å². The largest absolute Gasteiger partial charge is 0.339 e. The van der Waals surface area contributed by atoms with Crippen LogP contribution in [-0.4, -0.2) is 34.0 Å². The van der Waals surface area contributed by atoms with Crippen LogP contribution in [0, 0.1) is 5.82 Å². The van der Waals surface area contributed by atoms with Crippen LogP contribution in [0.3, 0.4) is 0 Å². The van der Waals surface area contributed by atoms with E-state index in [4.69, 9.17) is 4.52 Å². The Kier molecular flexibility index (Phi) is 4.48. The van der Waals surface area contributed by atoms with Crippen LogP contribution < -0.4 is 0 Å². The SMILES string of the molecule is O=C(c1ccc(F)cc1)N1CCCC(c2nc(-c3ccccc3)no2)C1. The molecule has 3 aromatic rings. The molecule has 0 N–H and O–H groups in total. The number of aromatic nitrogens is 2. The molecule has 4 rings (SSSR count). The zero-order valence-electron chi connectivity index (χ0n) is 14.1. The molecule has 1 saturated heterocycles. The summed E-state index contributed by atoms with van der Waals surface area (Å²) >= 11 is 0. The zero-order chi connectivity index (χ0) is 17.9. The van der Waals surface area contributed by atoms with Gasteiger partial charge < -0.3 is 9.42 Å². The molecule has 0 aliphatic carbocycles. The van der Waals surface area contributed by atoms with Crippen molar-refractivity contribution in [2.75, 3.05) is 13.1 Å². The molecule has 0 spiro atoms. The first-order valence-electron chi connectivity index (χ1n) is 8.64. The van der Waals surface area contributed by atoms with Gasteiger partial charge in [0.05, 0.1) is 5.92 Å². The molecule has 1 fully saturated rings. The molecule has 1 aliphatic heterocycles. The highest BCUT2D eigenvalue weighted by atomic mass is 19.1. The van der Waals surface area contributed by atoms with Crippen LogP contribution in [0.15, 0.2) is 59.1 Å². The van der Waals surface area contributed by atoms with Gasteiger partial charge in [-0.2, -0.15) is 4.98 Å². The summed E-state index contributed by atoms with van der Waals surface area (Å²) in [5.41, 5.74) is 1.39. The van der Waals surface area contributed by atoms with Crippen molar-refractivity contribution in [2.24, 2.45) is 0 Å². The normalized spacial score (nSPS) is 17.3. The van der Waals surface area contributed by atoms with E-state index in [9.17, 15) is 9.18 Å². The summed E-state index contributed by atoms with van der Waals surface area (Å²) in [4.78, 5) is 18.9. The number of halogens is 1. The fraction of sp³-hybridized carbons (Fsp3) is 0.250. The molecule has 1 aromatic heterocycles. The Morgan fingerprint density at radius 3 is 2.65 bits per heavy atom. The zero-order valence-corrected chi connectivity index (χ0v) is 14.1. The van der Waals surface area contributed by atoms with Gasteiger partial charge in [-0.3, -0.25) is 4.79 Å². The van der Waals surface area contributed by atoms with Gasteiger partial charge in [-0.15, -0.1) is 0 Å². The maximum atomic E-state index is 13.1. The first kappa shape index (κ1) is 16.4. The number of likely N-dealkylation sites (tertiary alicyclic amines) is 1. The van der Waals surface area contributed by atoms with Crippen LogP contribution in [0.25, 0.3) is 11.4 Å². The van der Waals surface area contributed by atoms with E-state index < -0.39 is 0 Å². The van der Waals surface area contributed by atoms with E-state index in [1.165, 1.54) is 24.3 Å². The van der Waals surface area contributed by atoms with Gasteiger partial charge in [-0.1, -0.05) is 35.5 Å². The number of hydrogen-bond acceptors (Lipinski definition) is 4. The number of carbonyl (C=O) groups excluding carboxylic acids is 1. The van der Waals surface area contributed by atoms with Crippen molar-refractivity contribution in [1.82, 2.24) is 15.0 Å². The Morgan fingerprint density at radius 2 is 1.88 bits per heavy atom. The highest BCUT2D eigenvalue weighted by molar-refractivity contribution is 5.94. The molecular formula is C20H18FN3O2. The molecule has 2 heterocycles. The molecule has 2 aromatic carbocycles. The smallest absolute Gasteiger partial charge is 0.253 e. The van der Waals surface area contributed by atoms with E-state index in [1.807, 2.05) is 30.3 Å². The van der Waals surface area contributed by atoms with Gasteiger partial charge in [0.25, 0.3) is 5.91 Å². The van der Waals surface area contributed by atoms with E-state index in [1.54, 1.807) is 4.90 Å². The van der Waals surface area contributed by atoms with Crippen LogP contribution in [0.2, 0.25) is 0 Å². The van der Waals surface area contributed by atoms with Gasteiger partial charge in [0.1, 0.15) is 5.82 Å². The second-order valence-corrected chi connectivity index (χ2v) is 6.42. The van der Waals surface area contributed by atoms with Crippen molar-refractivity contribution < 1.29 is 13.7 Å². The number of benzene rings is 2. The lowest BCUT2D eigenvalue weighted by Gasteiger charge is -2.31. The maximum absolute atomic E-state index is 13.1. The molecule has 132 valence electrons. The summed E-state index contributed by atoms with van der Waals surface area (Å²) < 4.78 is 18.5. The van der Waals surface area contributed by atoms with E-state index >= 15 is 0 Å². The summed E-state index contributed by atoms with van der Waals surface area (Å²) in [6, 6.07) is 15.3. The van der Waals surface area contributed by atoms with Crippen molar-refractivity contribution in [1.29, 1.82) is 0 Å². The Bertz CT molecular complexity index is 893. The summed E-state index contributed by atoms with van der Waals surface area (Å²) in [5, 5.41) is 4.07. The fourth-order valence-corrected chi connectivity index (χ4v) is 3.24. The molecule has 26 heavy (non-hydrogen) atoms. The average molecular weight is 351 g/mol. The van der Waals surface area contributed by atoms with E-state index in [0.29, 0.717) is 30.4 Å². The Labute approximate surface area is 150 Å². The summed E-state index contributed by atoms with van der Waals surface area (Å²) in [6.45, 7) is 1.19. The predicted octanol–water partition coefficient (Wildman–Crippen LogP) is 3.90. The van der Waals surface area contributed by atoms with E-state index in [2.05, 4.69) is 10.1 Å². The Balaban J connectivity index is 1.49. The standard InChI is InChI=1S/C20H18FN3O2/c21-17-10-8-15(9-11-17)20(25)24-12-4-7-16(13-24)19-22-18(23-26-19)14-5-2-1-3-6-14/h1-3,5-6,8-11,16H,4,7,12-13H2. The first-order chi connectivity index (χ1) is 12.7.